The summed E-state index contributed by atoms with van der Waals surface area (Å²) in [6.45, 7) is 3.75. The van der Waals surface area contributed by atoms with Crippen molar-refractivity contribution in [2.45, 2.75) is 19.9 Å². The van der Waals surface area contributed by atoms with E-state index in [1.54, 1.807) is 6.92 Å². The zero-order chi connectivity index (χ0) is 6.57. The predicted molar refractivity (Wildman–Crippen MR) is 40.6 cm³/mol. The minimum Gasteiger partial charge on any atom is -0.388 e. The van der Waals surface area contributed by atoms with Crippen molar-refractivity contribution in [3.8, 4) is 0 Å². The fraction of sp³-hybridized carbons (Fsp3) is 0.800. The minimum atomic E-state index is 0.253. The molecular formula is C5H12N2S. The molecule has 2 N–H and O–H groups in total. The van der Waals surface area contributed by atoms with Gasteiger partial charge in [0.2, 0.25) is 0 Å². The summed E-state index contributed by atoms with van der Waals surface area (Å²) in [5, 5.41) is 0. The molecule has 3 heteroatoms. The van der Waals surface area contributed by atoms with Crippen LogP contribution in [-0.2, 0) is 0 Å². The van der Waals surface area contributed by atoms with Crippen molar-refractivity contribution in [2.75, 3.05) is 5.75 Å². The van der Waals surface area contributed by atoms with Gasteiger partial charge in [0.15, 0.2) is 0 Å². The smallest absolute Gasteiger partial charge is 0.0909 e. The van der Waals surface area contributed by atoms with Crippen LogP contribution in [0.1, 0.15) is 13.8 Å². The molecule has 0 saturated carbocycles. The highest BCUT2D eigenvalue weighted by Gasteiger charge is 1.91. The summed E-state index contributed by atoms with van der Waals surface area (Å²) in [7, 11) is 0. The molecule has 0 aliphatic carbocycles. The van der Waals surface area contributed by atoms with Gasteiger partial charge in [-0.05, 0) is 13.8 Å². The summed E-state index contributed by atoms with van der Waals surface area (Å²) in [5.41, 5.74) is 5.28. The second kappa shape index (κ2) is 3.78. The molecule has 0 aromatic heterocycles. The maximum atomic E-state index is 5.28. The lowest BCUT2D eigenvalue weighted by atomic mass is 10.4. The summed E-state index contributed by atoms with van der Waals surface area (Å²) < 4.78 is 0. The quantitative estimate of drug-likeness (QED) is 0.324. The normalized spacial score (nSPS) is 16.1. The third-order valence-electron chi connectivity index (χ3n) is 0.688. The maximum absolute atomic E-state index is 5.28. The molecule has 0 aliphatic rings. The number of thiol groups is 1. The molecule has 0 spiro atoms. The van der Waals surface area contributed by atoms with Crippen LogP contribution in [0.2, 0.25) is 0 Å². The Morgan fingerprint density at radius 1 is 1.88 bits per heavy atom. The SMILES string of the molecule is CC(N)=NC(C)CS. The van der Waals surface area contributed by atoms with Crippen molar-refractivity contribution in [2.24, 2.45) is 10.7 Å². The number of amidine groups is 1. The Morgan fingerprint density at radius 3 is 2.50 bits per heavy atom. The Balaban J connectivity index is 3.51. The lowest BCUT2D eigenvalue weighted by Crippen LogP contribution is -2.11. The molecule has 0 bridgehead atoms. The lowest BCUT2D eigenvalue weighted by molar-refractivity contribution is 0.848. The molecule has 0 radical (unpaired) electrons. The Morgan fingerprint density at radius 2 is 2.38 bits per heavy atom. The van der Waals surface area contributed by atoms with E-state index in [2.05, 4.69) is 17.6 Å². The largest absolute Gasteiger partial charge is 0.388 e. The Hall–Kier alpha value is -0.180. The van der Waals surface area contributed by atoms with Crippen molar-refractivity contribution >= 4 is 18.5 Å². The van der Waals surface area contributed by atoms with Gasteiger partial charge in [0, 0.05) is 5.75 Å². The Labute approximate surface area is 55.6 Å². The predicted octanol–water partition coefficient (Wildman–Crippen LogP) is 0.682. The van der Waals surface area contributed by atoms with Crippen molar-refractivity contribution in [1.29, 1.82) is 0 Å². The molecule has 8 heavy (non-hydrogen) atoms. The zero-order valence-corrected chi connectivity index (χ0v) is 6.15. The highest BCUT2D eigenvalue weighted by Crippen LogP contribution is 1.90. The standard InChI is InChI=1S/C5H12N2S/c1-4(3-8)7-5(2)6/h4,8H,3H2,1-2H3,(H2,6,7). The summed E-state index contributed by atoms with van der Waals surface area (Å²) in [5.74, 6) is 1.39. The molecule has 0 amide bonds. The van der Waals surface area contributed by atoms with Gasteiger partial charge >= 0.3 is 0 Å². The van der Waals surface area contributed by atoms with E-state index in [-0.39, 0.29) is 6.04 Å². The third-order valence-corrected chi connectivity index (χ3v) is 1.22. The van der Waals surface area contributed by atoms with Crippen molar-refractivity contribution in [1.82, 2.24) is 0 Å². The fourth-order valence-corrected chi connectivity index (χ4v) is 0.470. The fourth-order valence-electron chi connectivity index (χ4n) is 0.388. The Bertz CT molecular complexity index is 86.4. The number of rotatable bonds is 2. The molecular weight excluding hydrogens is 120 g/mol. The second-order valence-corrected chi connectivity index (χ2v) is 2.17. The van der Waals surface area contributed by atoms with Gasteiger partial charge in [-0.25, -0.2) is 0 Å². The van der Waals surface area contributed by atoms with Gasteiger partial charge in [-0.2, -0.15) is 12.6 Å². The van der Waals surface area contributed by atoms with Gasteiger partial charge in [0.25, 0.3) is 0 Å². The molecule has 0 aromatic rings. The van der Waals surface area contributed by atoms with Crippen LogP contribution in [0.4, 0.5) is 0 Å². The number of nitrogens with zero attached hydrogens (tertiary/aromatic N) is 1. The zero-order valence-electron chi connectivity index (χ0n) is 5.26. The van der Waals surface area contributed by atoms with E-state index in [0.717, 1.165) is 5.75 Å². The number of nitrogens with two attached hydrogens (primary N) is 1. The molecule has 1 unspecified atom stereocenters. The molecule has 0 rings (SSSR count). The van der Waals surface area contributed by atoms with E-state index >= 15 is 0 Å². The van der Waals surface area contributed by atoms with Crippen LogP contribution in [-0.4, -0.2) is 17.6 Å². The first-order valence-electron chi connectivity index (χ1n) is 2.57. The lowest BCUT2D eigenvalue weighted by Gasteiger charge is -1.99. The first-order valence-corrected chi connectivity index (χ1v) is 3.20. The number of hydrogen-bond donors (Lipinski definition) is 2. The third kappa shape index (κ3) is 3.99. The van der Waals surface area contributed by atoms with Gasteiger partial charge in [-0.3, -0.25) is 4.99 Å². The summed E-state index contributed by atoms with van der Waals surface area (Å²) in [6, 6.07) is 0.253. The van der Waals surface area contributed by atoms with E-state index in [4.69, 9.17) is 5.73 Å². The summed E-state index contributed by atoms with van der Waals surface area (Å²) in [6.07, 6.45) is 0. The van der Waals surface area contributed by atoms with Crippen LogP contribution in [0.25, 0.3) is 0 Å². The van der Waals surface area contributed by atoms with E-state index in [0.29, 0.717) is 5.84 Å². The molecule has 0 heterocycles. The molecule has 48 valence electrons. The molecule has 0 fully saturated rings. The van der Waals surface area contributed by atoms with Crippen LogP contribution >= 0.6 is 12.6 Å². The van der Waals surface area contributed by atoms with Gasteiger partial charge in [0.05, 0.1) is 11.9 Å². The monoisotopic (exact) mass is 132 g/mol. The summed E-state index contributed by atoms with van der Waals surface area (Å²) in [4.78, 5) is 4.01. The number of aliphatic imine (C=N–C) groups is 1. The maximum Gasteiger partial charge on any atom is 0.0909 e. The van der Waals surface area contributed by atoms with E-state index in [1.807, 2.05) is 6.92 Å². The van der Waals surface area contributed by atoms with Crippen molar-refractivity contribution in [3.05, 3.63) is 0 Å². The average Bonchev–Trinajstić information content (AvgIpc) is 1.65. The molecule has 0 saturated heterocycles. The van der Waals surface area contributed by atoms with Crippen LogP contribution in [0.5, 0.6) is 0 Å². The molecule has 0 aromatic carbocycles. The molecule has 2 nitrogen and oxygen atoms in total. The Kier molecular flexibility index (Phi) is 3.69. The highest BCUT2D eigenvalue weighted by atomic mass is 32.1. The average molecular weight is 132 g/mol. The van der Waals surface area contributed by atoms with Gasteiger partial charge < -0.3 is 5.73 Å². The van der Waals surface area contributed by atoms with Crippen molar-refractivity contribution < 1.29 is 0 Å². The van der Waals surface area contributed by atoms with Gasteiger partial charge in [-0.15, -0.1) is 0 Å². The topological polar surface area (TPSA) is 38.4 Å². The van der Waals surface area contributed by atoms with E-state index in [9.17, 15) is 0 Å². The number of hydrogen-bond acceptors (Lipinski definition) is 2. The van der Waals surface area contributed by atoms with Crippen LogP contribution in [0, 0.1) is 0 Å². The first kappa shape index (κ1) is 7.82. The van der Waals surface area contributed by atoms with E-state index < -0.39 is 0 Å². The molecule has 1 atom stereocenters. The van der Waals surface area contributed by atoms with Crippen LogP contribution < -0.4 is 5.73 Å². The van der Waals surface area contributed by atoms with Crippen LogP contribution in [0.15, 0.2) is 4.99 Å². The minimum absolute atomic E-state index is 0.253. The second-order valence-electron chi connectivity index (χ2n) is 1.80. The highest BCUT2D eigenvalue weighted by molar-refractivity contribution is 7.80. The summed E-state index contributed by atoms with van der Waals surface area (Å²) >= 11 is 4.03. The molecule has 0 aliphatic heterocycles. The van der Waals surface area contributed by atoms with Gasteiger partial charge in [0.1, 0.15) is 0 Å². The first-order chi connectivity index (χ1) is 3.66. The van der Waals surface area contributed by atoms with Gasteiger partial charge in [-0.1, -0.05) is 0 Å². The van der Waals surface area contributed by atoms with Crippen molar-refractivity contribution in [3.63, 3.8) is 0 Å². The van der Waals surface area contributed by atoms with Crippen LogP contribution in [0.3, 0.4) is 0 Å². The van der Waals surface area contributed by atoms with E-state index in [1.165, 1.54) is 0 Å².